The summed E-state index contributed by atoms with van der Waals surface area (Å²) < 4.78 is 7.16. The van der Waals surface area contributed by atoms with Crippen molar-refractivity contribution in [2.24, 2.45) is 0 Å². The van der Waals surface area contributed by atoms with Crippen molar-refractivity contribution in [1.82, 2.24) is 20.2 Å². The Morgan fingerprint density at radius 3 is 2.69 bits per heavy atom. The molecule has 0 unspecified atom stereocenters. The number of carbonyl (C=O) groups is 1. The van der Waals surface area contributed by atoms with Gasteiger partial charge in [-0.05, 0) is 53.6 Å². The van der Waals surface area contributed by atoms with Crippen molar-refractivity contribution in [2.75, 3.05) is 12.4 Å². The van der Waals surface area contributed by atoms with Gasteiger partial charge in [-0.25, -0.2) is 4.68 Å². The minimum Gasteiger partial charge on any atom is -0.496 e. The molecule has 0 saturated heterocycles. The van der Waals surface area contributed by atoms with Gasteiger partial charge < -0.3 is 10.1 Å². The Balaban J connectivity index is 1.44. The van der Waals surface area contributed by atoms with Gasteiger partial charge in [-0.15, -0.1) is 5.10 Å². The Morgan fingerprint density at radius 2 is 1.96 bits per heavy atom. The second-order valence-corrected chi connectivity index (χ2v) is 6.29. The molecule has 0 atom stereocenters. The number of para-hydroxylation sites is 1. The van der Waals surface area contributed by atoms with E-state index < -0.39 is 0 Å². The molecule has 26 heavy (non-hydrogen) atoms. The summed E-state index contributed by atoms with van der Waals surface area (Å²) in [4.78, 5) is 12.3. The lowest BCUT2D eigenvalue weighted by Gasteiger charge is -2.09. The summed E-state index contributed by atoms with van der Waals surface area (Å²) in [7, 11) is 1.60. The van der Waals surface area contributed by atoms with Gasteiger partial charge in [0.05, 0.1) is 19.6 Å². The average Bonchev–Trinajstić information content (AvgIpc) is 3.39. The van der Waals surface area contributed by atoms with E-state index >= 15 is 0 Å². The summed E-state index contributed by atoms with van der Waals surface area (Å²) in [6.07, 6.45) is 2.50. The third-order valence-electron chi connectivity index (χ3n) is 4.36. The van der Waals surface area contributed by atoms with Gasteiger partial charge in [-0.2, -0.15) is 0 Å². The molecular formula is C19H19N5O2. The SMILES string of the molecule is COc1ccccc1CC(=O)Nc1ccc(-c2nnnn2C2CC2)cc1. The number of ether oxygens (including phenoxy) is 1. The van der Waals surface area contributed by atoms with Gasteiger partial charge >= 0.3 is 0 Å². The summed E-state index contributed by atoms with van der Waals surface area (Å²) in [5, 5.41) is 14.9. The summed E-state index contributed by atoms with van der Waals surface area (Å²) in [5.41, 5.74) is 2.52. The molecule has 1 saturated carbocycles. The lowest BCUT2D eigenvalue weighted by atomic mass is 10.1. The van der Waals surface area contributed by atoms with E-state index in [1.807, 2.05) is 53.2 Å². The van der Waals surface area contributed by atoms with Crippen LogP contribution in [-0.4, -0.2) is 33.2 Å². The minimum atomic E-state index is -0.0925. The van der Waals surface area contributed by atoms with Crippen molar-refractivity contribution in [3.63, 3.8) is 0 Å². The van der Waals surface area contributed by atoms with Crippen LogP contribution in [0, 0.1) is 0 Å². The molecule has 1 N–H and O–H groups in total. The lowest BCUT2D eigenvalue weighted by molar-refractivity contribution is -0.115. The molecule has 0 spiro atoms. The van der Waals surface area contributed by atoms with Crippen molar-refractivity contribution in [3.05, 3.63) is 54.1 Å². The van der Waals surface area contributed by atoms with Crippen LogP contribution in [0.4, 0.5) is 5.69 Å². The topological polar surface area (TPSA) is 81.9 Å². The average molecular weight is 349 g/mol. The van der Waals surface area contributed by atoms with E-state index in [-0.39, 0.29) is 12.3 Å². The fourth-order valence-electron chi connectivity index (χ4n) is 2.88. The second-order valence-electron chi connectivity index (χ2n) is 6.29. The maximum absolute atomic E-state index is 12.3. The molecule has 3 aromatic rings. The molecule has 1 amide bonds. The highest BCUT2D eigenvalue weighted by molar-refractivity contribution is 5.92. The number of anilines is 1. The maximum Gasteiger partial charge on any atom is 0.228 e. The maximum atomic E-state index is 12.3. The standard InChI is InChI=1S/C19H19N5O2/c1-26-17-5-3-2-4-14(17)12-18(25)20-15-8-6-13(7-9-15)19-21-22-23-24(19)16-10-11-16/h2-9,16H,10-12H2,1H3,(H,20,25). The number of carbonyl (C=O) groups excluding carboxylic acids is 1. The van der Waals surface area contributed by atoms with E-state index in [1.165, 1.54) is 0 Å². The number of benzene rings is 2. The molecule has 1 aliphatic carbocycles. The van der Waals surface area contributed by atoms with E-state index in [2.05, 4.69) is 20.8 Å². The molecule has 0 aliphatic heterocycles. The van der Waals surface area contributed by atoms with Gasteiger partial charge in [0.1, 0.15) is 5.75 Å². The van der Waals surface area contributed by atoms with Crippen LogP contribution >= 0.6 is 0 Å². The number of nitrogens with one attached hydrogen (secondary N) is 1. The third-order valence-corrected chi connectivity index (χ3v) is 4.36. The molecule has 0 radical (unpaired) electrons. The summed E-state index contributed by atoms with van der Waals surface area (Å²) >= 11 is 0. The Hall–Kier alpha value is -3.22. The smallest absolute Gasteiger partial charge is 0.228 e. The van der Waals surface area contributed by atoms with Crippen LogP contribution in [0.25, 0.3) is 11.4 Å². The van der Waals surface area contributed by atoms with Crippen LogP contribution < -0.4 is 10.1 Å². The molecule has 7 nitrogen and oxygen atoms in total. The fraction of sp³-hybridized carbons (Fsp3) is 0.263. The van der Waals surface area contributed by atoms with E-state index in [0.29, 0.717) is 11.8 Å². The Kier molecular flexibility index (Phi) is 4.35. The highest BCUT2D eigenvalue weighted by Crippen LogP contribution is 2.36. The van der Waals surface area contributed by atoms with E-state index in [4.69, 9.17) is 4.74 Å². The fourth-order valence-corrected chi connectivity index (χ4v) is 2.88. The molecule has 132 valence electrons. The zero-order chi connectivity index (χ0) is 17.9. The van der Waals surface area contributed by atoms with Crippen molar-refractivity contribution in [3.8, 4) is 17.1 Å². The van der Waals surface area contributed by atoms with E-state index in [0.717, 1.165) is 35.5 Å². The highest BCUT2D eigenvalue weighted by atomic mass is 16.5. The number of amides is 1. The quantitative estimate of drug-likeness (QED) is 0.740. The van der Waals surface area contributed by atoms with Crippen molar-refractivity contribution < 1.29 is 9.53 Å². The van der Waals surface area contributed by atoms with E-state index in [1.54, 1.807) is 7.11 Å². The predicted molar refractivity (Wildman–Crippen MR) is 96.9 cm³/mol. The summed E-state index contributed by atoms with van der Waals surface area (Å²) in [6.45, 7) is 0. The number of tetrazole rings is 1. The second kappa shape index (κ2) is 6.95. The first-order valence-corrected chi connectivity index (χ1v) is 8.54. The van der Waals surface area contributed by atoms with Crippen LogP contribution in [0.15, 0.2) is 48.5 Å². The van der Waals surface area contributed by atoms with Gasteiger partial charge in [-0.1, -0.05) is 18.2 Å². The van der Waals surface area contributed by atoms with E-state index in [9.17, 15) is 4.79 Å². The number of hydrogen-bond donors (Lipinski definition) is 1. The first-order chi connectivity index (χ1) is 12.7. The monoisotopic (exact) mass is 349 g/mol. The summed E-state index contributed by atoms with van der Waals surface area (Å²) in [6, 6.07) is 15.5. The first kappa shape index (κ1) is 16.3. The highest BCUT2D eigenvalue weighted by Gasteiger charge is 2.28. The number of rotatable bonds is 6. The largest absolute Gasteiger partial charge is 0.496 e. The molecule has 1 aromatic heterocycles. The third kappa shape index (κ3) is 3.42. The molecule has 2 aromatic carbocycles. The van der Waals surface area contributed by atoms with Crippen molar-refractivity contribution in [2.45, 2.75) is 25.3 Å². The Morgan fingerprint density at radius 1 is 1.19 bits per heavy atom. The van der Waals surface area contributed by atoms with Crippen LogP contribution in [0.1, 0.15) is 24.4 Å². The van der Waals surface area contributed by atoms with Gasteiger partial charge in [-0.3, -0.25) is 4.79 Å². The lowest BCUT2D eigenvalue weighted by Crippen LogP contribution is -2.14. The molecule has 0 bridgehead atoms. The predicted octanol–water partition coefficient (Wildman–Crippen LogP) is 2.86. The molecule has 1 fully saturated rings. The van der Waals surface area contributed by atoms with Crippen LogP contribution in [0.5, 0.6) is 5.75 Å². The van der Waals surface area contributed by atoms with Gasteiger partial charge in [0, 0.05) is 16.8 Å². The van der Waals surface area contributed by atoms with Gasteiger partial charge in [0.2, 0.25) is 5.91 Å². The summed E-state index contributed by atoms with van der Waals surface area (Å²) in [5.74, 6) is 1.38. The number of nitrogens with zero attached hydrogens (tertiary/aromatic N) is 4. The van der Waals surface area contributed by atoms with Crippen LogP contribution in [-0.2, 0) is 11.2 Å². The zero-order valence-corrected chi connectivity index (χ0v) is 14.4. The van der Waals surface area contributed by atoms with Crippen LogP contribution in [0.3, 0.4) is 0 Å². The molecule has 4 rings (SSSR count). The van der Waals surface area contributed by atoms with Gasteiger partial charge in [0.15, 0.2) is 5.82 Å². The first-order valence-electron chi connectivity index (χ1n) is 8.54. The van der Waals surface area contributed by atoms with Crippen LogP contribution in [0.2, 0.25) is 0 Å². The zero-order valence-electron chi connectivity index (χ0n) is 14.4. The van der Waals surface area contributed by atoms with Crippen molar-refractivity contribution >= 4 is 11.6 Å². The molecule has 7 heteroatoms. The Bertz CT molecular complexity index is 916. The molecule has 1 heterocycles. The molecule has 1 aliphatic rings. The number of methoxy groups -OCH3 is 1. The number of aromatic nitrogens is 4. The number of hydrogen-bond acceptors (Lipinski definition) is 5. The minimum absolute atomic E-state index is 0.0925. The van der Waals surface area contributed by atoms with Gasteiger partial charge in [0.25, 0.3) is 0 Å². The molecular weight excluding hydrogens is 330 g/mol. The Labute approximate surface area is 151 Å². The van der Waals surface area contributed by atoms with Crippen molar-refractivity contribution in [1.29, 1.82) is 0 Å². The normalized spacial score (nSPS) is 13.4.